The van der Waals surface area contributed by atoms with Crippen molar-refractivity contribution in [2.24, 2.45) is 0 Å². The summed E-state index contributed by atoms with van der Waals surface area (Å²) in [5.74, 6) is 0.555. The summed E-state index contributed by atoms with van der Waals surface area (Å²) in [6.45, 7) is 1.69. The van der Waals surface area contributed by atoms with Gasteiger partial charge in [0.25, 0.3) is 0 Å². The number of aromatic nitrogens is 1. The van der Waals surface area contributed by atoms with Gasteiger partial charge < -0.3 is 14.7 Å². The Labute approximate surface area is 144 Å². The first-order valence-corrected chi connectivity index (χ1v) is 8.03. The highest BCUT2D eigenvalue weighted by molar-refractivity contribution is 6.30. The Kier molecular flexibility index (Phi) is 4.32. The summed E-state index contributed by atoms with van der Waals surface area (Å²) in [6.07, 6.45) is 1.53. The van der Waals surface area contributed by atoms with Gasteiger partial charge >= 0.3 is 0 Å². The quantitative estimate of drug-likeness (QED) is 0.902. The maximum atomic E-state index is 12.8. The zero-order valence-electron chi connectivity index (χ0n) is 13.5. The van der Waals surface area contributed by atoms with Crippen LogP contribution in [0.5, 0.6) is 0 Å². The van der Waals surface area contributed by atoms with Gasteiger partial charge in [-0.3, -0.25) is 9.59 Å². The smallest absolute Gasteiger partial charge is 0.245 e. The van der Waals surface area contributed by atoms with E-state index < -0.39 is 5.41 Å². The van der Waals surface area contributed by atoms with E-state index in [1.165, 1.54) is 4.90 Å². The fourth-order valence-corrected chi connectivity index (χ4v) is 2.99. The van der Waals surface area contributed by atoms with Crippen LogP contribution in [0.15, 0.2) is 34.9 Å². The summed E-state index contributed by atoms with van der Waals surface area (Å²) >= 11 is 6.03. The molecule has 0 atom stereocenters. The molecule has 0 bridgehead atoms. The fraction of sp³-hybridized carbons (Fsp3) is 0.353. The number of benzene rings is 1. The number of aryl methyl sites for hydroxylation is 1. The van der Waals surface area contributed by atoms with Gasteiger partial charge in [0.2, 0.25) is 11.8 Å². The van der Waals surface area contributed by atoms with Gasteiger partial charge in [0.05, 0.1) is 12.0 Å². The topological polar surface area (TPSA) is 75.4 Å². The number of rotatable bonds is 5. The molecule has 1 fully saturated rings. The summed E-state index contributed by atoms with van der Waals surface area (Å²) in [5, 5.41) is 6.92. The second-order valence-electron chi connectivity index (χ2n) is 6.12. The SMILES string of the molecule is Cc1cc(NC(=O)CN(C)C(=O)C2(c3cccc(Cl)c3)CC2)no1. The van der Waals surface area contributed by atoms with Crippen molar-refractivity contribution in [3.8, 4) is 0 Å². The Morgan fingerprint density at radius 3 is 2.71 bits per heavy atom. The minimum absolute atomic E-state index is 0.0486. The van der Waals surface area contributed by atoms with E-state index in [0.717, 1.165) is 18.4 Å². The average Bonchev–Trinajstić information content (AvgIpc) is 3.25. The number of nitrogens with one attached hydrogen (secondary N) is 1. The molecule has 2 amide bonds. The second kappa shape index (κ2) is 6.28. The fourth-order valence-electron chi connectivity index (χ4n) is 2.80. The van der Waals surface area contributed by atoms with Crippen LogP contribution < -0.4 is 5.32 Å². The van der Waals surface area contributed by atoms with Crippen LogP contribution in [0, 0.1) is 6.92 Å². The molecule has 3 rings (SSSR count). The zero-order chi connectivity index (χ0) is 17.3. The van der Waals surface area contributed by atoms with Crippen LogP contribution in [0.4, 0.5) is 5.82 Å². The molecule has 0 radical (unpaired) electrons. The number of carbonyl (C=O) groups excluding carboxylic acids is 2. The Bertz CT molecular complexity index is 783. The van der Waals surface area contributed by atoms with Crippen molar-refractivity contribution >= 4 is 29.2 Å². The summed E-state index contributed by atoms with van der Waals surface area (Å²) in [7, 11) is 1.63. The Balaban J connectivity index is 1.65. The van der Waals surface area contributed by atoms with Crippen LogP contribution in [0.3, 0.4) is 0 Å². The lowest BCUT2D eigenvalue weighted by atomic mass is 9.94. The summed E-state index contributed by atoms with van der Waals surface area (Å²) in [5.41, 5.74) is 0.351. The molecule has 2 aromatic rings. The highest BCUT2D eigenvalue weighted by atomic mass is 35.5. The molecule has 0 spiro atoms. The number of carbonyl (C=O) groups is 2. The number of amides is 2. The number of hydrogen-bond donors (Lipinski definition) is 1. The first-order valence-electron chi connectivity index (χ1n) is 7.65. The molecule has 1 aliphatic rings. The number of likely N-dealkylation sites (N-methyl/N-ethyl adjacent to an activating group) is 1. The van der Waals surface area contributed by atoms with E-state index in [4.69, 9.17) is 16.1 Å². The van der Waals surface area contributed by atoms with Crippen molar-refractivity contribution in [3.05, 3.63) is 46.7 Å². The van der Waals surface area contributed by atoms with Gasteiger partial charge in [-0.05, 0) is 37.5 Å². The molecule has 24 heavy (non-hydrogen) atoms. The van der Waals surface area contributed by atoms with Gasteiger partial charge in [0.1, 0.15) is 5.76 Å². The molecule has 0 unspecified atom stereocenters. The van der Waals surface area contributed by atoms with Gasteiger partial charge in [-0.25, -0.2) is 0 Å². The summed E-state index contributed by atoms with van der Waals surface area (Å²) < 4.78 is 4.89. The van der Waals surface area contributed by atoms with Crippen molar-refractivity contribution < 1.29 is 14.1 Å². The van der Waals surface area contributed by atoms with E-state index in [-0.39, 0.29) is 18.4 Å². The van der Waals surface area contributed by atoms with Gasteiger partial charge in [0, 0.05) is 18.1 Å². The lowest BCUT2D eigenvalue weighted by molar-refractivity contribution is -0.135. The molecule has 0 aliphatic heterocycles. The van der Waals surface area contributed by atoms with Crippen LogP contribution in [-0.2, 0) is 15.0 Å². The van der Waals surface area contributed by atoms with E-state index in [2.05, 4.69) is 10.5 Å². The molecule has 7 heteroatoms. The molecule has 1 heterocycles. The van der Waals surface area contributed by atoms with E-state index in [0.29, 0.717) is 16.6 Å². The van der Waals surface area contributed by atoms with Crippen molar-refractivity contribution in [2.45, 2.75) is 25.2 Å². The van der Waals surface area contributed by atoms with Crippen molar-refractivity contribution in [1.82, 2.24) is 10.1 Å². The minimum Gasteiger partial charge on any atom is -0.360 e. The predicted molar refractivity (Wildman–Crippen MR) is 89.9 cm³/mol. The van der Waals surface area contributed by atoms with Crippen LogP contribution in [0.25, 0.3) is 0 Å². The second-order valence-corrected chi connectivity index (χ2v) is 6.56. The normalized spacial score (nSPS) is 15.0. The highest BCUT2D eigenvalue weighted by Crippen LogP contribution is 2.49. The molecule has 1 aromatic carbocycles. The van der Waals surface area contributed by atoms with Crippen LogP contribution in [0.1, 0.15) is 24.2 Å². The maximum Gasteiger partial charge on any atom is 0.245 e. The summed E-state index contributed by atoms with van der Waals surface area (Å²) in [6, 6.07) is 8.96. The third kappa shape index (κ3) is 3.28. The molecular weight excluding hydrogens is 330 g/mol. The third-order valence-corrected chi connectivity index (χ3v) is 4.39. The molecule has 1 aliphatic carbocycles. The first-order chi connectivity index (χ1) is 11.4. The Hall–Kier alpha value is -2.34. The van der Waals surface area contributed by atoms with Gasteiger partial charge in [0.15, 0.2) is 5.82 Å². The first kappa shape index (κ1) is 16.5. The Morgan fingerprint density at radius 1 is 1.38 bits per heavy atom. The Morgan fingerprint density at radius 2 is 2.12 bits per heavy atom. The lowest BCUT2D eigenvalue weighted by Gasteiger charge is -2.23. The molecule has 1 aromatic heterocycles. The minimum atomic E-state index is -0.551. The molecular formula is C17H18ClN3O3. The van der Waals surface area contributed by atoms with Crippen LogP contribution >= 0.6 is 11.6 Å². The van der Waals surface area contributed by atoms with Crippen molar-refractivity contribution in [2.75, 3.05) is 18.9 Å². The summed E-state index contributed by atoms with van der Waals surface area (Å²) in [4.78, 5) is 26.3. The third-order valence-electron chi connectivity index (χ3n) is 4.16. The van der Waals surface area contributed by atoms with E-state index in [9.17, 15) is 9.59 Å². The molecule has 126 valence electrons. The monoisotopic (exact) mass is 347 g/mol. The average molecular weight is 348 g/mol. The number of nitrogens with zero attached hydrogens (tertiary/aromatic N) is 2. The molecule has 1 N–H and O–H groups in total. The molecule has 0 saturated heterocycles. The van der Waals surface area contributed by atoms with Crippen molar-refractivity contribution in [3.63, 3.8) is 0 Å². The standard InChI is InChI=1S/C17H18ClN3O3/c1-11-8-14(20-24-11)19-15(22)10-21(2)16(23)17(6-7-17)12-4-3-5-13(18)9-12/h3-5,8-9H,6-7,10H2,1-2H3,(H,19,20,22). The lowest BCUT2D eigenvalue weighted by Crippen LogP contribution is -2.41. The van der Waals surface area contributed by atoms with E-state index in [1.54, 1.807) is 26.1 Å². The van der Waals surface area contributed by atoms with Crippen LogP contribution in [-0.4, -0.2) is 35.5 Å². The van der Waals surface area contributed by atoms with Crippen molar-refractivity contribution in [1.29, 1.82) is 0 Å². The van der Waals surface area contributed by atoms with Gasteiger partial charge in [-0.15, -0.1) is 0 Å². The van der Waals surface area contributed by atoms with E-state index >= 15 is 0 Å². The molecule has 6 nitrogen and oxygen atoms in total. The highest BCUT2D eigenvalue weighted by Gasteiger charge is 2.52. The largest absolute Gasteiger partial charge is 0.360 e. The number of halogens is 1. The van der Waals surface area contributed by atoms with Crippen LogP contribution in [0.2, 0.25) is 5.02 Å². The van der Waals surface area contributed by atoms with Gasteiger partial charge in [-0.1, -0.05) is 28.9 Å². The maximum absolute atomic E-state index is 12.8. The van der Waals surface area contributed by atoms with Gasteiger partial charge in [-0.2, -0.15) is 0 Å². The molecule has 1 saturated carbocycles. The number of anilines is 1. The predicted octanol–water partition coefficient (Wildman–Crippen LogP) is 2.77. The number of hydrogen-bond acceptors (Lipinski definition) is 4. The zero-order valence-corrected chi connectivity index (χ0v) is 14.3. The van der Waals surface area contributed by atoms with E-state index in [1.807, 2.05) is 18.2 Å².